The number of ketones is 1. The summed E-state index contributed by atoms with van der Waals surface area (Å²) in [5.41, 5.74) is 3.60. The van der Waals surface area contributed by atoms with Gasteiger partial charge in [-0.2, -0.15) is 0 Å². The molecule has 202 valence electrons. The Hall–Kier alpha value is -2.41. The number of nitrogens with one attached hydrogen (secondary N) is 1. The predicted molar refractivity (Wildman–Crippen MR) is 153 cm³/mol. The molecule has 1 aromatic heterocycles. The van der Waals surface area contributed by atoms with Gasteiger partial charge < -0.3 is 15.3 Å². The van der Waals surface area contributed by atoms with Gasteiger partial charge in [-0.1, -0.05) is 17.7 Å². The smallest absolute Gasteiger partial charge is 0.170 e. The van der Waals surface area contributed by atoms with E-state index in [1.165, 1.54) is 51.4 Å². The number of phenols is 1. The van der Waals surface area contributed by atoms with Crippen LogP contribution in [0.5, 0.6) is 5.75 Å². The first kappa shape index (κ1) is 27.2. The van der Waals surface area contributed by atoms with Gasteiger partial charge in [0, 0.05) is 30.1 Å². The first-order valence-corrected chi connectivity index (χ1v) is 14.0. The highest BCUT2D eigenvalue weighted by atomic mass is 35.5. The van der Waals surface area contributed by atoms with E-state index >= 15 is 0 Å². The molecule has 3 aromatic rings. The van der Waals surface area contributed by atoms with E-state index in [1.807, 2.05) is 18.2 Å². The molecule has 6 rings (SSSR count). The Balaban J connectivity index is 0.00000294. The first-order chi connectivity index (χ1) is 18.0. The number of pyridine rings is 1. The van der Waals surface area contributed by atoms with Crippen LogP contribution in [0.2, 0.25) is 5.02 Å². The third-order valence-corrected chi connectivity index (χ3v) is 8.63. The lowest BCUT2D eigenvalue weighted by Gasteiger charge is -2.32. The number of carbonyl (C=O) groups is 1. The number of anilines is 1. The van der Waals surface area contributed by atoms with Crippen molar-refractivity contribution in [2.24, 2.45) is 11.8 Å². The molecule has 0 amide bonds. The molecule has 2 heterocycles. The molecular weight excluding hydrogens is 524 g/mol. The predicted octanol–water partition coefficient (Wildman–Crippen LogP) is 7.48. The average Bonchev–Trinajstić information content (AvgIpc) is 3.64. The Morgan fingerprint density at radius 3 is 2.47 bits per heavy atom. The van der Waals surface area contributed by atoms with Gasteiger partial charge in [0.05, 0.1) is 21.8 Å². The number of halogens is 3. The van der Waals surface area contributed by atoms with Crippen LogP contribution < -0.4 is 5.32 Å². The van der Waals surface area contributed by atoms with Crippen LogP contribution in [-0.2, 0) is 0 Å². The van der Waals surface area contributed by atoms with Crippen LogP contribution >= 0.6 is 24.0 Å². The lowest BCUT2D eigenvalue weighted by atomic mass is 9.85. The number of hydrogen-bond acceptors (Lipinski definition) is 5. The summed E-state index contributed by atoms with van der Waals surface area (Å²) in [7, 11) is 0. The standard InChI is InChI=1S/C30H33ClFN3O2.ClH/c31-25-14-21(15-26(32)30(25)37)20-7-10-27-23(13-20)28(24(16-33-27)29(36)19-5-6-19)34-22-8-3-18(4-9-22)17-35-11-1-2-12-35;/h7,10,13-16,18-19,22,37H,1-6,8-9,11-12,17H2,(H,33,34);1H. The molecule has 0 atom stereocenters. The zero-order chi connectivity index (χ0) is 25.5. The van der Waals surface area contributed by atoms with E-state index in [4.69, 9.17) is 11.6 Å². The van der Waals surface area contributed by atoms with Crippen molar-refractivity contribution < 1.29 is 14.3 Å². The molecule has 2 saturated carbocycles. The van der Waals surface area contributed by atoms with Crippen LogP contribution in [0, 0.1) is 17.7 Å². The maximum atomic E-state index is 14.2. The van der Waals surface area contributed by atoms with Gasteiger partial charge >= 0.3 is 0 Å². The first-order valence-electron chi connectivity index (χ1n) is 13.6. The van der Waals surface area contributed by atoms with Crippen molar-refractivity contribution in [2.45, 2.75) is 57.4 Å². The van der Waals surface area contributed by atoms with Crippen molar-refractivity contribution in [3.63, 3.8) is 0 Å². The van der Waals surface area contributed by atoms with Crippen molar-refractivity contribution in [2.75, 3.05) is 25.0 Å². The molecule has 5 nitrogen and oxygen atoms in total. The number of carbonyl (C=O) groups excluding carboxylic acids is 1. The van der Waals surface area contributed by atoms with Crippen molar-refractivity contribution >= 4 is 46.4 Å². The van der Waals surface area contributed by atoms with Crippen molar-refractivity contribution in [3.05, 3.63) is 52.9 Å². The van der Waals surface area contributed by atoms with E-state index in [2.05, 4.69) is 15.2 Å². The largest absolute Gasteiger partial charge is 0.504 e. The van der Waals surface area contributed by atoms with Gasteiger partial charge in [0.15, 0.2) is 17.3 Å². The summed E-state index contributed by atoms with van der Waals surface area (Å²) >= 11 is 6.06. The van der Waals surface area contributed by atoms with Crippen LogP contribution in [0.3, 0.4) is 0 Å². The van der Waals surface area contributed by atoms with E-state index < -0.39 is 11.6 Å². The second-order valence-electron chi connectivity index (χ2n) is 11.1. The zero-order valence-corrected chi connectivity index (χ0v) is 23.0. The monoisotopic (exact) mass is 557 g/mol. The molecule has 0 unspecified atom stereocenters. The number of hydrogen-bond donors (Lipinski definition) is 2. The Kier molecular flexibility index (Phi) is 8.13. The van der Waals surface area contributed by atoms with Gasteiger partial charge in [-0.3, -0.25) is 9.78 Å². The highest BCUT2D eigenvalue weighted by Gasteiger charge is 2.33. The summed E-state index contributed by atoms with van der Waals surface area (Å²) in [6.45, 7) is 3.70. The summed E-state index contributed by atoms with van der Waals surface area (Å²) in [4.78, 5) is 20.5. The zero-order valence-electron chi connectivity index (χ0n) is 21.4. The fraction of sp³-hybridized carbons (Fsp3) is 0.467. The second kappa shape index (κ2) is 11.4. The van der Waals surface area contributed by atoms with Gasteiger partial charge in [-0.25, -0.2) is 4.39 Å². The average molecular weight is 559 g/mol. The Labute approximate surface area is 234 Å². The maximum absolute atomic E-state index is 14.2. The fourth-order valence-electron chi connectivity index (χ4n) is 6.04. The number of rotatable bonds is 7. The number of phenolic OH excluding ortho intramolecular Hbond substituents is 1. The molecule has 1 saturated heterocycles. The molecule has 0 spiro atoms. The maximum Gasteiger partial charge on any atom is 0.170 e. The number of aromatic hydroxyl groups is 1. The van der Waals surface area contributed by atoms with Gasteiger partial charge in [-0.05, 0) is 106 Å². The van der Waals surface area contributed by atoms with E-state index in [-0.39, 0.29) is 29.1 Å². The van der Waals surface area contributed by atoms with E-state index in [1.54, 1.807) is 12.3 Å². The van der Waals surface area contributed by atoms with Crippen LogP contribution in [0.1, 0.15) is 61.7 Å². The third-order valence-electron chi connectivity index (χ3n) is 8.34. The topological polar surface area (TPSA) is 65.5 Å². The molecule has 0 bridgehead atoms. The molecule has 3 fully saturated rings. The van der Waals surface area contributed by atoms with Gasteiger partial charge in [0.1, 0.15) is 0 Å². The molecule has 2 aliphatic carbocycles. The highest BCUT2D eigenvalue weighted by Crippen LogP contribution is 2.40. The van der Waals surface area contributed by atoms with Gasteiger partial charge in [-0.15, -0.1) is 12.4 Å². The number of nitrogens with zero attached hydrogens (tertiary/aromatic N) is 2. The van der Waals surface area contributed by atoms with Gasteiger partial charge in [0.25, 0.3) is 0 Å². The van der Waals surface area contributed by atoms with Crippen LogP contribution in [-0.4, -0.2) is 46.4 Å². The summed E-state index contributed by atoms with van der Waals surface area (Å²) in [6.07, 6.45) is 10.8. The minimum atomic E-state index is -0.762. The number of aromatic nitrogens is 1. The van der Waals surface area contributed by atoms with Gasteiger partial charge in [0.2, 0.25) is 0 Å². The van der Waals surface area contributed by atoms with Crippen molar-refractivity contribution in [1.82, 2.24) is 9.88 Å². The summed E-state index contributed by atoms with van der Waals surface area (Å²) in [6, 6.07) is 8.86. The number of fused-ring (bicyclic) bond motifs is 1. The molecular formula is C30H34Cl2FN3O2. The number of likely N-dealkylation sites (tertiary alicyclic amines) is 1. The molecule has 0 radical (unpaired) electrons. The van der Waals surface area contributed by atoms with Crippen molar-refractivity contribution in [1.29, 1.82) is 0 Å². The van der Waals surface area contributed by atoms with E-state index in [0.29, 0.717) is 17.2 Å². The molecule has 8 heteroatoms. The van der Waals surface area contributed by atoms with Crippen LogP contribution in [0.4, 0.5) is 10.1 Å². The Morgan fingerprint density at radius 1 is 1.05 bits per heavy atom. The normalized spacial score (nSPS) is 21.8. The highest BCUT2D eigenvalue weighted by molar-refractivity contribution is 6.32. The third kappa shape index (κ3) is 5.63. The molecule has 1 aliphatic heterocycles. The van der Waals surface area contributed by atoms with Crippen LogP contribution in [0.15, 0.2) is 36.5 Å². The fourth-order valence-corrected chi connectivity index (χ4v) is 6.24. The lowest BCUT2D eigenvalue weighted by Crippen LogP contribution is -2.33. The minimum absolute atomic E-state index is 0. The Bertz CT molecular complexity index is 1310. The van der Waals surface area contributed by atoms with Crippen LogP contribution in [0.25, 0.3) is 22.0 Å². The van der Waals surface area contributed by atoms with E-state index in [0.717, 1.165) is 53.8 Å². The molecule has 2 aromatic carbocycles. The molecule has 3 aliphatic rings. The molecule has 38 heavy (non-hydrogen) atoms. The molecule has 2 N–H and O–H groups in total. The minimum Gasteiger partial charge on any atom is -0.504 e. The number of benzene rings is 2. The van der Waals surface area contributed by atoms with Crippen molar-refractivity contribution in [3.8, 4) is 16.9 Å². The Morgan fingerprint density at radius 2 is 1.79 bits per heavy atom. The number of Topliss-reactive ketones (excluding diaryl/α,β-unsaturated/α-hetero) is 1. The summed E-state index contributed by atoms with van der Waals surface area (Å²) in [5, 5.41) is 14.4. The summed E-state index contributed by atoms with van der Waals surface area (Å²) in [5.74, 6) is -0.318. The summed E-state index contributed by atoms with van der Waals surface area (Å²) < 4.78 is 14.2. The SMILES string of the molecule is Cl.O=C(c1cnc2ccc(-c3cc(F)c(O)c(Cl)c3)cc2c1NC1CCC(CN2CCCC2)CC1)C1CC1. The van der Waals surface area contributed by atoms with E-state index in [9.17, 15) is 14.3 Å². The lowest BCUT2D eigenvalue weighted by molar-refractivity contribution is 0.0968. The quantitative estimate of drug-likeness (QED) is 0.295. The second-order valence-corrected chi connectivity index (χ2v) is 11.5.